The van der Waals surface area contributed by atoms with Gasteiger partial charge in [0, 0.05) is 33.3 Å². The Morgan fingerprint density at radius 2 is 2.04 bits per heavy atom. The van der Waals surface area contributed by atoms with Crippen LogP contribution in [0.3, 0.4) is 0 Å². The van der Waals surface area contributed by atoms with E-state index in [9.17, 15) is 18.0 Å². The molecule has 158 valence electrons. The molecule has 1 aromatic rings. The lowest BCUT2D eigenvalue weighted by Crippen LogP contribution is -2.42. The third-order valence-electron chi connectivity index (χ3n) is 4.66. The fourth-order valence-electron chi connectivity index (χ4n) is 3.31. The van der Waals surface area contributed by atoms with Gasteiger partial charge in [-0.05, 0) is 32.2 Å². The molecule has 2 fully saturated rings. The van der Waals surface area contributed by atoms with Crippen molar-refractivity contribution in [2.45, 2.75) is 44.7 Å². The van der Waals surface area contributed by atoms with Crippen molar-refractivity contribution in [3.05, 3.63) is 17.5 Å². The van der Waals surface area contributed by atoms with Gasteiger partial charge in [-0.25, -0.2) is 4.79 Å². The molecule has 8 nitrogen and oxygen atoms in total. The molecule has 11 heteroatoms. The van der Waals surface area contributed by atoms with E-state index in [0.717, 1.165) is 43.9 Å². The summed E-state index contributed by atoms with van der Waals surface area (Å²) in [7, 11) is 3.57. The van der Waals surface area contributed by atoms with Crippen molar-refractivity contribution in [3.8, 4) is 0 Å². The summed E-state index contributed by atoms with van der Waals surface area (Å²) >= 11 is 0. The van der Waals surface area contributed by atoms with Gasteiger partial charge in [-0.3, -0.25) is 9.69 Å². The molecule has 28 heavy (non-hydrogen) atoms. The predicted molar refractivity (Wildman–Crippen MR) is 90.3 cm³/mol. The number of likely N-dealkylation sites (N-methyl/N-ethyl adjacent to an activating group) is 1. The zero-order valence-corrected chi connectivity index (χ0v) is 15.9. The Morgan fingerprint density at radius 3 is 2.54 bits per heavy atom. The van der Waals surface area contributed by atoms with E-state index < -0.39 is 12.1 Å². The number of aromatic nitrogens is 1. The van der Waals surface area contributed by atoms with Crippen molar-refractivity contribution in [3.63, 3.8) is 0 Å². The fraction of sp³-hybridized carbons (Fsp3) is 0.706. The number of amides is 1. The number of carboxylic acids is 1. The van der Waals surface area contributed by atoms with Crippen molar-refractivity contribution >= 4 is 11.9 Å². The highest BCUT2D eigenvalue weighted by Crippen LogP contribution is 2.34. The van der Waals surface area contributed by atoms with Gasteiger partial charge in [-0.15, -0.1) is 0 Å². The molecule has 0 spiro atoms. The van der Waals surface area contributed by atoms with E-state index in [-0.39, 0.29) is 18.1 Å². The minimum Gasteiger partial charge on any atom is -0.475 e. The van der Waals surface area contributed by atoms with E-state index in [0.29, 0.717) is 5.92 Å². The number of carboxylic acid groups (broad SMARTS) is 1. The van der Waals surface area contributed by atoms with Gasteiger partial charge in [-0.2, -0.15) is 13.2 Å². The Morgan fingerprint density at radius 1 is 1.39 bits per heavy atom. The zero-order valence-electron chi connectivity index (χ0n) is 15.9. The van der Waals surface area contributed by atoms with Crippen molar-refractivity contribution in [1.29, 1.82) is 0 Å². The van der Waals surface area contributed by atoms with Crippen molar-refractivity contribution in [1.82, 2.24) is 15.0 Å². The SMILES string of the molecule is Cc1cc(CN2CC[C@H]3C[C@H](C(=O)N(C)C)O[C@H]3C2)no1.O=C(O)C(F)(F)F. The molecule has 1 amide bonds. The maximum absolute atomic E-state index is 12.0. The number of hydrogen-bond donors (Lipinski definition) is 1. The molecule has 3 heterocycles. The quantitative estimate of drug-likeness (QED) is 0.814. The highest BCUT2D eigenvalue weighted by atomic mass is 19.4. The number of halogens is 3. The molecule has 0 aliphatic carbocycles. The molecule has 2 aliphatic heterocycles. The van der Waals surface area contributed by atoms with Crippen LogP contribution >= 0.6 is 0 Å². The van der Waals surface area contributed by atoms with Crippen LogP contribution in [0.2, 0.25) is 0 Å². The van der Waals surface area contributed by atoms with Gasteiger partial charge < -0.3 is 19.3 Å². The summed E-state index contributed by atoms with van der Waals surface area (Å²) in [6.45, 7) is 4.59. The Labute approximate surface area is 160 Å². The maximum atomic E-state index is 12.0. The number of carbonyl (C=O) groups excluding carboxylic acids is 1. The van der Waals surface area contributed by atoms with Gasteiger partial charge in [0.2, 0.25) is 0 Å². The number of piperidine rings is 1. The number of carbonyl (C=O) groups is 2. The molecule has 2 aliphatic rings. The van der Waals surface area contributed by atoms with Crippen LogP contribution in [-0.4, -0.2) is 77.5 Å². The first-order valence-corrected chi connectivity index (χ1v) is 8.78. The number of nitrogens with zero attached hydrogens (tertiary/aromatic N) is 3. The van der Waals surface area contributed by atoms with E-state index in [2.05, 4.69) is 10.1 Å². The van der Waals surface area contributed by atoms with E-state index in [1.165, 1.54) is 0 Å². The summed E-state index contributed by atoms with van der Waals surface area (Å²) in [6.07, 6.45) is -3.23. The van der Waals surface area contributed by atoms with Crippen LogP contribution in [0.4, 0.5) is 13.2 Å². The molecule has 0 unspecified atom stereocenters. The van der Waals surface area contributed by atoms with Crippen molar-refractivity contribution < 1.29 is 37.1 Å². The van der Waals surface area contributed by atoms with Crippen LogP contribution in [0.25, 0.3) is 0 Å². The smallest absolute Gasteiger partial charge is 0.475 e. The number of fused-ring (bicyclic) bond motifs is 1. The number of aliphatic carboxylic acids is 1. The third kappa shape index (κ3) is 5.93. The second-order valence-corrected chi connectivity index (χ2v) is 7.15. The van der Waals surface area contributed by atoms with E-state index in [4.69, 9.17) is 19.2 Å². The lowest BCUT2D eigenvalue weighted by Gasteiger charge is -2.33. The van der Waals surface area contributed by atoms with Gasteiger partial charge in [0.05, 0.1) is 11.8 Å². The number of ether oxygens (including phenoxy) is 1. The normalized spacial score (nSPS) is 24.9. The first-order chi connectivity index (χ1) is 13.0. The second kappa shape index (κ2) is 8.91. The summed E-state index contributed by atoms with van der Waals surface area (Å²) in [5.41, 5.74) is 0.963. The second-order valence-electron chi connectivity index (χ2n) is 7.15. The maximum Gasteiger partial charge on any atom is 0.490 e. The van der Waals surface area contributed by atoms with Gasteiger partial charge in [0.1, 0.15) is 11.9 Å². The topological polar surface area (TPSA) is 96.1 Å². The Hall–Kier alpha value is -2.14. The number of aryl methyl sites for hydroxylation is 1. The third-order valence-corrected chi connectivity index (χ3v) is 4.66. The molecular weight excluding hydrogens is 383 g/mol. The van der Waals surface area contributed by atoms with Crippen LogP contribution < -0.4 is 0 Å². The molecule has 0 radical (unpaired) electrons. The number of hydrogen-bond acceptors (Lipinski definition) is 6. The molecule has 3 rings (SSSR count). The van der Waals surface area contributed by atoms with Crippen LogP contribution in [0.1, 0.15) is 24.3 Å². The van der Waals surface area contributed by atoms with E-state index >= 15 is 0 Å². The van der Waals surface area contributed by atoms with Gasteiger partial charge in [0.25, 0.3) is 5.91 Å². The molecule has 0 aromatic carbocycles. The van der Waals surface area contributed by atoms with Crippen molar-refractivity contribution in [2.75, 3.05) is 27.2 Å². The minimum absolute atomic E-state index is 0.0862. The minimum atomic E-state index is -5.08. The lowest BCUT2D eigenvalue weighted by atomic mass is 9.91. The number of alkyl halides is 3. The Bertz CT molecular complexity index is 692. The van der Waals surface area contributed by atoms with Crippen LogP contribution in [0.5, 0.6) is 0 Å². The molecule has 0 bridgehead atoms. The molecule has 0 saturated carbocycles. The van der Waals surface area contributed by atoms with Crippen LogP contribution in [0, 0.1) is 12.8 Å². The number of rotatable bonds is 3. The average molecular weight is 407 g/mol. The fourth-order valence-corrected chi connectivity index (χ4v) is 3.31. The first-order valence-electron chi connectivity index (χ1n) is 8.78. The summed E-state index contributed by atoms with van der Waals surface area (Å²) < 4.78 is 42.8. The van der Waals surface area contributed by atoms with E-state index in [1.54, 1.807) is 19.0 Å². The first kappa shape index (κ1) is 22.2. The van der Waals surface area contributed by atoms with Gasteiger partial charge in [-0.1, -0.05) is 5.16 Å². The summed E-state index contributed by atoms with van der Waals surface area (Å²) in [6, 6.07) is 1.97. The molecule has 3 atom stereocenters. The van der Waals surface area contributed by atoms with Gasteiger partial charge in [0.15, 0.2) is 0 Å². The van der Waals surface area contributed by atoms with Crippen LogP contribution in [0.15, 0.2) is 10.6 Å². The Kier molecular flexibility index (Phi) is 7.05. The lowest BCUT2D eigenvalue weighted by molar-refractivity contribution is -0.192. The summed E-state index contributed by atoms with van der Waals surface area (Å²) in [5.74, 6) is -1.32. The molecule has 1 N–H and O–H groups in total. The highest BCUT2D eigenvalue weighted by Gasteiger charge is 2.42. The summed E-state index contributed by atoms with van der Waals surface area (Å²) in [5, 5.41) is 11.2. The monoisotopic (exact) mass is 407 g/mol. The van der Waals surface area contributed by atoms with Crippen LogP contribution in [-0.2, 0) is 20.9 Å². The summed E-state index contributed by atoms with van der Waals surface area (Å²) in [4.78, 5) is 24.9. The zero-order chi connectivity index (χ0) is 21.1. The molecule has 2 saturated heterocycles. The standard InChI is InChI=1S/C15H23N3O3.C2HF3O2/c1-10-6-12(16-21-10)8-18-5-4-11-7-13(15(19)17(2)3)20-14(11)9-18;3-2(4,5)1(6)7/h6,11,13-14H,4-5,7-9H2,1-3H3;(H,6,7)/t11-,13+,14-;/m0./s1. The predicted octanol–water partition coefficient (Wildman–Crippen LogP) is 1.68. The molecule has 1 aromatic heterocycles. The van der Waals surface area contributed by atoms with E-state index in [1.807, 2.05) is 13.0 Å². The number of likely N-dealkylation sites (tertiary alicyclic amines) is 1. The van der Waals surface area contributed by atoms with Crippen molar-refractivity contribution in [2.24, 2.45) is 5.92 Å². The average Bonchev–Trinajstić information content (AvgIpc) is 3.19. The largest absolute Gasteiger partial charge is 0.490 e. The Balaban J connectivity index is 0.000000345. The van der Waals surface area contributed by atoms with Gasteiger partial charge >= 0.3 is 12.1 Å². The molecular formula is C17H24F3N3O5. The highest BCUT2D eigenvalue weighted by molar-refractivity contribution is 5.80.